The Morgan fingerprint density at radius 1 is 1.07 bits per heavy atom. The van der Waals surface area contributed by atoms with Crippen LogP contribution < -0.4 is 0 Å². The van der Waals surface area contributed by atoms with Crippen molar-refractivity contribution in [2.24, 2.45) is 0 Å². The molecule has 0 bridgehead atoms. The van der Waals surface area contributed by atoms with Gasteiger partial charge in [-0.15, -0.1) is 0 Å². The van der Waals surface area contributed by atoms with Gasteiger partial charge in [-0.05, 0) is 28.7 Å². The lowest BCUT2D eigenvalue weighted by molar-refractivity contribution is 1.72. The Bertz CT molecular complexity index is 570. The second kappa shape index (κ2) is 2.85. The molecule has 0 N–H and O–H groups in total. The molecule has 1 aliphatic carbocycles. The van der Waals surface area contributed by atoms with Gasteiger partial charge in [0.2, 0.25) is 0 Å². The molecule has 0 heterocycles. The molecule has 0 saturated heterocycles. The predicted molar refractivity (Wildman–Crippen MR) is 65.8 cm³/mol. The van der Waals surface area contributed by atoms with E-state index in [1.807, 2.05) is 12.1 Å². The fourth-order valence-electron chi connectivity index (χ4n) is 1.93. The van der Waals surface area contributed by atoms with Gasteiger partial charge in [-0.25, -0.2) is 0 Å². The second-order valence-electron chi connectivity index (χ2n) is 3.36. The smallest absolute Gasteiger partial charge is 0.0485 e. The molecule has 2 heteroatoms. The van der Waals surface area contributed by atoms with Crippen LogP contribution in [0, 0.1) is 0 Å². The Labute approximate surface area is 95.3 Å². The Hall–Kier alpha value is -0.790. The van der Waals surface area contributed by atoms with Crippen LogP contribution >= 0.6 is 27.5 Å². The number of halogens is 2. The summed E-state index contributed by atoms with van der Waals surface area (Å²) >= 11 is 9.69. The van der Waals surface area contributed by atoms with Crippen molar-refractivity contribution in [1.29, 1.82) is 0 Å². The highest BCUT2D eigenvalue weighted by atomic mass is 79.9. The molecule has 0 amide bonds. The Morgan fingerprint density at radius 3 is 2.79 bits per heavy atom. The van der Waals surface area contributed by atoms with Crippen LogP contribution in [0.3, 0.4) is 0 Å². The van der Waals surface area contributed by atoms with Crippen LogP contribution in [0.2, 0.25) is 5.02 Å². The van der Waals surface area contributed by atoms with Gasteiger partial charge in [0.05, 0.1) is 0 Å². The van der Waals surface area contributed by atoms with E-state index in [1.54, 1.807) is 0 Å². The third kappa shape index (κ3) is 0.999. The molecule has 3 rings (SSSR count). The molecule has 1 aliphatic rings. The molecular weight excluding hydrogens is 259 g/mol. The largest absolute Gasteiger partial charge is 0.0837 e. The molecule has 2 aromatic carbocycles. The topological polar surface area (TPSA) is 0 Å². The average Bonchev–Trinajstić information content (AvgIpc) is 2.50. The maximum Gasteiger partial charge on any atom is 0.0485 e. The maximum atomic E-state index is 6.14. The number of benzene rings is 2. The van der Waals surface area contributed by atoms with Crippen molar-refractivity contribution in [1.82, 2.24) is 0 Å². The summed E-state index contributed by atoms with van der Waals surface area (Å²) in [6, 6.07) is 10.2. The maximum absolute atomic E-state index is 6.14. The standard InChI is InChI=1S/C12H6BrCl/c13-10-6-7-2-1-3-9-11(14)5-4-8(10)12(7)9/h1-6H. The first kappa shape index (κ1) is 8.51. The van der Waals surface area contributed by atoms with Crippen molar-refractivity contribution >= 4 is 48.9 Å². The van der Waals surface area contributed by atoms with E-state index in [-0.39, 0.29) is 0 Å². The van der Waals surface area contributed by atoms with Gasteiger partial charge < -0.3 is 0 Å². The van der Waals surface area contributed by atoms with E-state index in [0.29, 0.717) is 0 Å². The summed E-state index contributed by atoms with van der Waals surface area (Å²) in [6.07, 6.45) is 2.13. The van der Waals surface area contributed by atoms with E-state index in [0.717, 1.165) is 14.9 Å². The molecule has 2 aromatic rings. The number of rotatable bonds is 0. The molecule has 0 fully saturated rings. The summed E-state index contributed by atoms with van der Waals surface area (Å²) in [5, 5.41) is 3.21. The van der Waals surface area contributed by atoms with Crippen LogP contribution in [0.15, 0.2) is 30.3 Å². The van der Waals surface area contributed by atoms with Crippen molar-refractivity contribution in [2.75, 3.05) is 0 Å². The monoisotopic (exact) mass is 264 g/mol. The highest BCUT2D eigenvalue weighted by Gasteiger charge is 2.15. The summed E-state index contributed by atoms with van der Waals surface area (Å²) in [4.78, 5) is 0. The summed E-state index contributed by atoms with van der Waals surface area (Å²) in [6.45, 7) is 0. The van der Waals surface area contributed by atoms with Gasteiger partial charge >= 0.3 is 0 Å². The van der Waals surface area contributed by atoms with Gasteiger partial charge in [0, 0.05) is 14.9 Å². The van der Waals surface area contributed by atoms with Crippen molar-refractivity contribution in [2.45, 2.75) is 0 Å². The normalized spacial score (nSPS) is 13.4. The van der Waals surface area contributed by atoms with E-state index < -0.39 is 0 Å². The molecule has 68 valence electrons. The van der Waals surface area contributed by atoms with Crippen molar-refractivity contribution in [3.63, 3.8) is 0 Å². The predicted octanol–water partition coefficient (Wildman–Crippen LogP) is 4.70. The SMILES string of the molecule is Clc1ccc2c3c(cccc13)C=C2Br. The van der Waals surface area contributed by atoms with Crippen molar-refractivity contribution in [3.8, 4) is 0 Å². The van der Waals surface area contributed by atoms with Crippen LogP contribution in [0.25, 0.3) is 21.3 Å². The third-order valence-electron chi connectivity index (χ3n) is 2.56. The van der Waals surface area contributed by atoms with E-state index in [1.165, 1.54) is 16.5 Å². The summed E-state index contributed by atoms with van der Waals surface area (Å²) in [5.74, 6) is 0. The zero-order chi connectivity index (χ0) is 9.71. The molecule has 14 heavy (non-hydrogen) atoms. The molecule has 0 unspecified atom stereocenters. The van der Waals surface area contributed by atoms with E-state index in [4.69, 9.17) is 11.6 Å². The second-order valence-corrected chi connectivity index (χ2v) is 4.62. The van der Waals surface area contributed by atoms with E-state index in [9.17, 15) is 0 Å². The fourth-order valence-corrected chi connectivity index (χ4v) is 2.73. The summed E-state index contributed by atoms with van der Waals surface area (Å²) in [7, 11) is 0. The molecule has 0 aromatic heterocycles. The Morgan fingerprint density at radius 2 is 1.93 bits per heavy atom. The zero-order valence-corrected chi connectivity index (χ0v) is 9.56. The lowest BCUT2D eigenvalue weighted by atomic mass is 10.0. The first-order valence-electron chi connectivity index (χ1n) is 4.36. The summed E-state index contributed by atoms with van der Waals surface area (Å²) in [5.41, 5.74) is 2.48. The van der Waals surface area contributed by atoms with Crippen LogP contribution in [-0.2, 0) is 0 Å². The van der Waals surface area contributed by atoms with Gasteiger partial charge in [0.15, 0.2) is 0 Å². The molecule has 0 nitrogen and oxygen atoms in total. The minimum atomic E-state index is 0.821. The molecular formula is C12H6BrCl. The highest BCUT2D eigenvalue weighted by molar-refractivity contribution is 9.15. The molecule has 0 atom stereocenters. The summed E-state index contributed by atoms with van der Waals surface area (Å²) < 4.78 is 1.14. The van der Waals surface area contributed by atoms with Crippen molar-refractivity contribution in [3.05, 3.63) is 46.5 Å². The van der Waals surface area contributed by atoms with Crippen LogP contribution in [-0.4, -0.2) is 0 Å². The average molecular weight is 266 g/mol. The minimum Gasteiger partial charge on any atom is -0.0837 e. The number of hydrogen-bond donors (Lipinski definition) is 0. The first-order valence-corrected chi connectivity index (χ1v) is 5.53. The van der Waals surface area contributed by atoms with Gasteiger partial charge in [-0.1, -0.05) is 51.8 Å². The lowest BCUT2D eigenvalue weighted by Crippen LogP contribution is -1.79. The molecule has 0 spiro atoms. The van der Waals surface area contributed by atoms with Crippen molar-refractivity contribution < 1.29 is 0 Å². The third-order valence-corrected chi connectivity index (χ3v) is 3.54. The molecule has 0 aliphatic heterocycles. The van der Waals surface area contributed by atoms with Crippen LogP contribution in [0.4, 0.5) is 0 Å². The van der Waals surface area contributed by atoms with Gasteiger partial charge in [0.1, 0.15) is 0 Å². The quantitative estimate of drug-likeness (QED) is 0.648. The Balaban J connectivity index is 2.59. The van der Waals surface area contributed by atoms with Crippen LogP contribution in [0.1, 0.15) is 11.1 Å². The zero-order valence-electron chi connectivity index (χ0n) is 7.22. The minimum absolute atomic E-state index is 0.821. The van der Waals surface area contributed by atoms with E-state index >= 15 is 0 Å². The molecule has 0 radical (unpaired) electrons. The van der Waals surface area contributed by atoms with Gasteiger partial charge in [-0.2, -0.15) is 0 Å². The fraction of sp³-hybridized carbons (Fsp3) is 0. The first-order chi connectivity index (χ1) is 6.77. The van der Waals surface area contributed by atoms with Gasteiger partial charge in [-0.3, -0.25) is 0 Å². The van der Waals surface area contributed by atoms with E-state index in [2.05, 4.69) is 40.2 Å². The lowest BCUT2D eigenvalue weighted by Gasteiger charge is -2.03. The number of hydrogen-bond acceptors (Lipinski definition) is 0. The Kier molecular flexibility index (Phi) is 1.73. The van der Waals surface area contributed by atoms with Gasteiger partial charge in [0.25, 0.3) is 0 Å². The highest BCUT2D eigenvalue weighted by Crippen LogP contribution is 2.41. The molecule has 0 saturated carbocycles. The van der Waals surface area contributed by atoms with Crippen LogP contribution in [0.5, 0.6) is 0 Å².